The fourth-order valence-corrected chi connectivity index (χ4v) is 3.10. The number of amides is 1. The van der Waals surface area contributed by atoms with Crippen LogP contribution in [0.15, 0.2) is 46.9 Å². The third-order valence-corrected chi connectivity index (χ3v) is 4.43. The molecule has 23 heavy (non-hydrogen) atoms. The smallest absolute Gasteiger partial charge is 0.255 e. The standard InChI is InChI=1S/C20H21NO2/c1-12-14(3)23-15(4)19(12)20(22)21-13(2)17-11-7-9-16-8-5-6-10-18(16)17/h5-11,13H,1-4H3,(H,21,22)/t13-/m0/s1. The van der Waals surface area contributed by atoms with Gasteiger partial charge < -0.3 is 9.73 Å². The van der Waals surface area contributed by atoms with Crippen LogP contribution in [0.3, 0.4) is 0 Å². The summed E-state index contributed by atoms with van der Waals surface area (Å²) in [4.78, 5) is 12.6. The summed E-state index contributed by atoms with van der Waals surface area (Å²) in [6.07, 6.45) is 0. The van der Waals surface area contributed by atoms with Crippen LogP contribution in [-0.2, 0) is 0 Å². The number of benzene rings is 2. The molecule has 0 bridgehead atoms. The first kappa shape index (κ1) is 15.3. The summed E-state index contributed by atoms with van der Waals surface area (Å²) >= 11 is 0. The van der Waals surface area contributed by atoms with Crippen molar-refractivity contribution in [2.75, 3.05) is 0 Å². The Labute approximate surface area is 136 Å². The highest BCUT2D eigenvalue weighted by atomic mass is 16.3. The summed E-state index contributed by atoms with van der Waals surface area (Å²) in [5.41, 5.74) is 2.67. The molecule has 0 unspecified atom stereocenters. The zero-order chi connectivity index (χ0) is 16.6. The maximum atomic E-state index is 12.6. The van der Waals surface area contributed by atoms with Crippen molar-refractivity contribution >= 4 is 16.7 Å². The minimum absolute atomic E-state index is 0.0809. The number of carbonyl (C=O) groups excluding carboxylic acids is 1. The maximum Gasteiger partial charge on any atom is 0.255 e. The van der Waals surface area contributed by atoms with E-state index in [4.69, 9.17) is 4.42 Å². The number of hydrogen-bond donors (Lipinski definition) is 1. The Balaban J connectivity index is 1.92. The highest BCUT2D eigenvalue weighted by molar-refractivity contribution is 5.97. The van der Waals surface area contributed by atoms with Crippen LogP contribution in [0.25, 0.3) is 10.8 Å². The van der Waals surface area contributed by atoms with E-state index in [1.807, 2.05) is 45.9 Å². The Morgan fingerprint density at radius 2 is 1.70 bits per heavy atom. The number of fused-ring (bicyclic) bond motifs is 1. The van der Waals surface area contributed by atoms with E-state index in [0.717, 1.165) is 16.9 Å². The van der Waals surface area contributed by atoms with E-state index in [1.54, 1.807) is 0 Å². The van der Waals surface area contributed by atoms with Crippen LogP contribution >= 0.6 is 0 Å². The minimum Gasteiger partial charge on any atom is -0.466 e. The van der Waals surface area contributed by atoms with Gasteiger partial charge in [-0.05, 0) is 44.0 Å². The number of furan rings is 1. The van der Waals surface area contributed by atoms with E-state index in [1.165, 1.54) is 10.8 Å². The molecule has 0 spiro atoms. The topological polar surface area (TPSA) is 42.2 Å². The lowest BCUT2D eigenvalue weighted by Gasteiger charge is -2.17. The first-order valence-electron chi connectivity index (χ1n) is 7.84. The number of rotatable bonds is 3. The summed E-state index contributed by atoms with van der Waals surface area (Å²) in [6, 6.07) is 14.3. The number of nitrogens with one attached hydrogen (secondary N) is 1. The second-order valence-electron chi connectivity index (χ2n) is 5.98. The number of hydrogen-bond acceptors (Lipinski definition) is 2. The van der Waals surface area contributed by atoms with Crippen molar-refractivity contribution in [1.29, 1.82) is 0 Å². The zero-order valence-corrected chi connectivity index (χ0v) is 13.9. The Bertz CT molecular complexity index is 871. The Morgan fingerprint density at radius 3 is 2.39 bits per heavy atom. The third kappa shape index (κ3) is 2.74. The number of aryl methyl sites for hydroxylation is 2. The molecule has 0 radical (unpaired) electrons. The van der Waals surface area contributed by atoms with Gasteiger partial charge in [-0.15, -0.1) is 0 Å². The predicted octanol–water partition coefficient (Wildman–Crippen LogP) is 4.85. The molecule has 3 rings (SSSR count). The van der Waals surface area contributed by atoms with Gasteiger partial charge in [0.1, 0.15) is 11.5 Å². The zero-order valence-electron chi connectivity index (χ0n) is 13.9. The van der Waals surface area contributed by atoms with Crippen LogP contribution < -0.4 is 5.32 Å². The molecule has 118 valence electrons. The van der Waals surface area contributed by atoms with Crippen molar-refractivity contribution in [3.05, 3.63) is 70.7 Å². The van der Waals surface area contributed by atoms with Crippen LogP contribution in [0.2, 0.25) is 0 Å². The maximum absolute atomic E-state index is 12.6. The van der Waals surface area contributed by atoms with E-state index >= 15 is 0 Å². The molecule has 3 aromatic rings. The van der Waals surface area contributed by atoms with Crippen LogP contribution in [0, 0.1) is 20.8 Å². The Morgan fingerprint density at radius 1 is 1.00 bits per heavy atom. The lowest BCUT2D eigenvalue weighted by Crippen LogP contribution is -2.27. The van der Waals surface area contributed by atoms with E-state index in [-0.39, 0.29) is 11.9 Å². The van der Waals surface area contributed by atoms with Crippen molar-refractivity contribution in [2.24, 2.45) is 0 Å². The molecule has 1 N–H and O–H groups in total. The molecular formula is C20H21NO2. The molecule has 2 aromatic carbocycles. The normalized spacial score (nSPS) is 12.3. The van der Waals surface area contributed by atoms with E-state index in [0.29, 0.717) is 11.3 Å². The largest absolute Gasteiger partial charge is 0.466 e. The van der Waals surface area contributed by atoms with E-state index in [2.05, 4.69) is 29.6 Å². The lowest BCUT2D eigenvalue weighted by atomic mass is 9.99. The molecule has 3 nitrogen and oxygen atoms in total. The van der Waals surface area contributed by atoms with Crippen molar-refractivity contribution in [3.63, 3.8) is 0 Å². The summed E-state index contributed by atoms with van der Waals surface area (Å²) in [6.45, 7) is 7.64. The second kappa shape index (κ2) is 5.92. The molecule has 3 heteroatoms. The average molecular weight is 307 g/mol. The number of carbonyl (C=O) groups is 1. The summed E-state index contributed by atoms with van der Waals surface area (Å²) in [5, 5.41) is 5.45. The highest BCUT2D eigenvalue weighted by Gasteiger charge is 2.20. The molecule has 0 aliphatic rings. The molecule has 1 atom stereocenters. The van der Waals surface area contributed by atoms with Gasteiger partial charge in [0.2, 0.25) is 0 Å². The van der Waals surface area contributed by atoms with Crippen LogP contribution in [-0.4, -0.2) is 5.91 Å². The Hall–Kier alpha value is -2.55. The fraction of sp³-hybridized carbons (Fsp3) is 0.250. The quantitative estimate of drug-likeness (QED) is 0.751. The second-order valence-corrected chi connectivity index (χ2v) is 5.98. The van der Waals surface area contributed by atoms with Crippen molar-refractivity contribution < 1.29 is 9.21 Å². The van der Waals surface area contributed by atoms with Gasteiger partial charge in [0, 0.05) is 5.56 Å². The third-order valence-electron chi connectivity index (χ3n) is 4.43. The van der Waals surface area contributed by atoms with E-state index in [9.17, 15) is 4.79 Å². The Kier molecular flexibility index (Phi) is 3.95. The molecule has 1 heterocycles. The monoisotopic (exact) mass is 307 g/mol. The van der Waals surface area contributed by atoms with Gasteiger partial charge >= 0.3 is 0 Å². The van der Waals surface area contributed by atoms with Gasteiger partial charge in [-0.25, -0.2) is 0 Å². The molecule has 0 aliphatic heterocycles. The van der Waals surface area contributed by atoms with Crippen LogP contribution in [0.5, 0.6) is 0 Å². The molecule has 0 fully saturated rings. The molecule has 0 aliphatic carbocycles. The molecule has 1 aromatic heterocycles. The SMILES string of the molecule is Cc1oc(C)c(C(=O)N[C@@H](C)c2cccc3ccccc23)c1C. The summed E-state index contributed by atoms with van der Waals surface area (Å²) < 4.78 is 5.56. The van der Waals surface area contributed by atoms with Gasteiger partial charge in [-0.2, -0.15) is 0 Å². The summed E-state index contributed by atoms with van der Waals surface area (Å²) in [7, 11) is 0. The van der Waals surface area contributed by atoms with Gasteiger partial charge in [0.15, 0.2) is 0 Å². The van der Waals surface area contributed by atoms with Gasteiger partial charge in [-0.1, -0.05) is 42.5 Å². The minimum atomic E-state index is -0.0858. The highest BCUT2D eigenvalue weighted by Crippen LogP contribution is 2.26. The van der Waals surface area contributed by atoms with E-state index < -0.39 is 0 Å². The molecular weight excluding hydrogens is 286 g/mol. The lowest BCUT2D eigenvalue weighted by molar-refractivity contribution is 0.0938. The van der Waals surface area contributed by atoms with Crippen molar-refractivity contribution in [3.8, 4) is 0 Å². The van der Waals surface area contributed by atoms with Crippen LogP contribution in [0.1, 0.15) is 46.0 Å². The summed E-state index contributed by atoms with van der Waals surface area (Å²) in [5.74, 6) is 1.38. The predicted molar refractivity (Wildman–Crippen MR) is 92.7 cm³/mol. The van der Waals surface area contributed by atoms with Crippen molar-refractivity contribution in [2.45, 2.75) is 33.7 Å². The van der Waals surface area contributed by atoms with Gasteiger partial charge in [-0.3, -0.25) is 4.79 Å². The molecule has 0 saturated heterocycles. The first-order chi connectivity index (χ1) is 11.0. The molecule has 0 saturated carbocycles. The average Bonchev–Trinajstić information content (AvgIpc) is 2.79. The molecule has 1 amide bonds. The van der Waals surface area contributed by atoms with Gasteiger partial charge in [0.05, 0.1) is 11.6 Å². The first-order valence-corrected chi connectivity index (χ1v) is 7.84. The van der Waals surface area contributed by atoms with Crippen molar-refractivity contribution in [1.82, 2.24) is 5.32 Å². The fourth-order valence-electron chi connectivity index (χ4n) is 3.10. The van der Waals surface area contributed by atoms with Gasteiger partial charge in [0.25, 0.3) is 5.91 Å². The van der Waals surface area contributed by atoms with Crippen LogP contribution in [0.4, 0.5) is 0 Å².